The molecule has 2 rings (SSSR count). The van der Waals surface area contributed by atoms with E-state index < -0.39 is 0 Å². The van der Waals surface area contributed by atoms with Gasteiger partial charge in [0.15, 0.2) is 0 Å². The van der Waals surface area contributed by atoms with E-state index in [0.29, 0.717) is 15.8 Å². The Bertz CT molecular complexity index is 518. The van der Waals surface area contributed by atoms with Crippen LogP contribution < -0.4 is 10.1 Å². The summed E-state index contributed by atoms with van der Waals surface area (Å²) < 4.78 is 5.56. The SMILES string of the molecule is Cc1ccc([B]Oc2ccc(C)cc2Cl)c(Cl)c1. The maximum atomic E-state index is 6.12. The van der Waals surface area contributed by atoms with Gasteiger partial charge in [0.2, 0.25) is 0 Å². The van der Waals surface area contributed by atoms with Crippen LogP contribution in [-0.2, 0) is 0 Å². The van der Waals surface area contributed by atoms with Crippen LogP contribution >= 0.6 is 23.2 Å². The zero-order chi connectivity index (χ0) is 13.1. The fourth-order valence-electron chi connectivity index (χ4n) is 1.56. The Morgan fingerprint density at radius 2 is 1.50 bits per heavy atom. The van der Waals surface area contributed by atoms with E-state index in [1.54, 1.807) is 7.48 Å². The van der Waals surface area contributed by atoms with Gasteiger partial charge in [-0.1, -0.05) is 41.4 Å². The molecular formula is C14H12BCl2O. The highest BCUT2D eigenvalue weighted by atomic mass is 35.5. The second-order valence-electron chi connectivity index (χ2n) is 4.19. The Kier molecular flexibility index (Phi) is 4.21. The zero-order valence-corrected chi connectivity index (χ0v) is 11.7. The molecule has 4 heteroatoms. The third-order valence-electron chi connectivity index (χ3n) is 2.56. The average Bonchev–Trinajstić information content (AvgIpc) is 2.30. The normalized spacial score (nSPS) is 10.2. The lowest BCUT2D eigenvalue weighted by atomic mass is 9.87. The van der Waals surface area contributed by atoms with Crippen molar-refractivity contribution < 1.29 is 4.65 Å². The summed E-state index contributed by atoms with van der Waals surface area (Å²) in [5.74, 6) is 0.624. The van der Waals surface area contributed by atoms with Crippen LogP contribution in [0.3, 0.4) is 0 Å². The Hall–Kier alpha value is -1.12. The van der Waals surface area contributed by atoms with Crippen molar-refractivity contribution in [1.82, 2.24) is 0 Å². The van der Waals surface area contributed by atoms with Gasteiger partial charge in [0.25, 0.3) is 0 Å². The predicted octanol–water partition coefficient (Wildman–Crippen LogP) is 3.93. The fraction of sp³-hybridized carbons (Fsp3) is 0.143. The van der Waals surface area contributed by atoms with Gasteiger partial charge in [-0.3, -0.25) is 0 Å². The van der Waals surface area contributed by atoms with Gasteiger partial charge in [0, 0.05) is 5.02 Å². The molecule has 18 heavy (non-hydrogen) atoms. The van der Waals surface area contributed by atoms with E-state index >= 15 is 0 Å². The number of rotatable bonds is 3. The van der Waals surface area contributed by atoms with Crippen molar-refractivity contribution in [3.63, 3.8) is 0 Å². The van der Waals surface area contributed by atoms with Crippen LogP contribution in [0.2, 0.25) is 10.0 Å². The molecule has 0 heterocycles. The van der Waals surface area contributed by atoms with E-state index in [-0.39, 0.29) is 0 Å². The molecule has 0 fully saturated rings. The second kappa shape index (κ2) is 5.68. The smallest absolute Gasteiger partial charge is 0.410 e. The predicted molar refractivity (Wildman–Crippen MR) is 78.4 cm³/mol. The zero-order valence-electron chi connectivity index (χ0n) is 10.2. The van der Waals surface area contributed by atoms with Crippen molar-refractivity contribution in [1.29, 1.82) is 0 Å². The molecule has 2 aromatic carbocycles. The molecule has 2 aromatic rings. The van der Waals surface area contributed by atoms with Crippen LogP contribution in [0, 0.1) is 13.8 Å². The number of hydrogen-bond acceptors (Lipinski definition) is 1. The summed E-state index contributed by atoms with van der Waals surface area (Å²) in [6.07, 6.45) is 0. The van der Waals surface area contributed by atoms with Gasteiger partial charge in [-0.15, -0.1) is 0 Å². The first-order valence-electron chi connectivity index (χ1n) is 5.58. The highest BCUT2D eigenvalue weighted by molar-refractivity contribution is 6.54. The minimum atomic E-state index is 0.592. The average molecular weight is 278 g/mol. The van der Waals surface area contributed by atoms with E-state index in [1.807, 2.05) is 50.2 Å². The molecule has 0 unspecified atom stereocenters. The summed E-state index contributed by atoms with van der Waals surface area (Å²) >= 11 is 12.2. The van der Waals surface area contributed by atoms with Crippen LogP contribution in [0.5, 0.6) is 5.75 Å². The molecule has 0 aliphatic heterocycles. The van der Waals surface area contributed by atoms with Gasteiger partial charge < -0.3 is 4.65 Å². The van der Waals surface area contributed by atoms with Gasteiger partial charge in [0.05, 0.1) is 5.02 Å². The molecule has 91 valence electrons. The molecule has 0 atom stereocenters. The highest BCUT2D eigenvalue weighted by Crippen LogP contribution is 2.24. The molecule has 0 amide bonds. The molecule has 0 aliphatic rings. The fourth-order valence-corrected chi connectivity index (χ4v) is 2.12. The summed E-state index contributed by atoms with van der Waals surface area (Å²) in [5.41, 5.74) is 3.05. The standard InChI is InChI=1S/C14H12BCl2O/c1-9-3-5-11(12(16)7-9)15-18-14-6-4-10(2)8-13(14)17/h3-8H,1-2H3. The van der Waals surface area contributed by atoms with Gasteiger partial charge in [-0.2, -0.15) is 0 Å². The van der Waals surface area contributed by atoms with Crippen molar-refractivity contribution in [2.24, 2.45) is 0 Å². The van der Waals surface area contributed by atoms with Crippen molar-refractivity contribution in [2.45, 2.75) is 13.8 Å². The highest BCUT2D eigenvalue weighted by Gasteiger charge is 2.07. The van der Waals surface area contributed by atoms with Crippen molar-refractivity contribution in [2.75, 3.05) is 0 Å². The van der Waals surface area contributed by atoms with Gasteiger partial charge in [-0.25, -0.2) is 0 Å². The molecule has 0 saturated carbocycles. The van der Waals surface area contributed by atoms with E-state index in [2.05, 4.69) is 0 Å². The molecule has 1 radical (unpaired) electrons. The van der Waals surface area contributed by atoms with Crippen molar-refractivity contribution in [3.8, 4) is 5.75 Å². The van der Waals surface area contributed by atoms with Crippen molar-refractivity contribution >= 4 is 36.1 Å². The number of benzene rings is 2. The molecule has 0 bridgehead atoms. The van der Waals surface area contributed by atoms with Gasteiger partial charge in [0.1, 0.15) is 5.75 Å². The van der Waals surface area contributed by atoms with Gasteiger partial charge in [-0.05, 0) is 48.6 Å². The topological polar surface area (TPSA) is 9.23 Å². The first-order chi connectivity index (χ1) is 8.56. The Morgan fingerprint density at radius 3 is 2.11 bits per heavy atom. The third-order valence-corrected chi connectivity index (χ3v) is 3.18. The molecular weight excluding hydrogens is 266 g/mol. The van der Waals surface area contributed by atoms with E-state index in [0.717, 1.165) is 16.6 Å². The maximum Gasteiger partial charge on any atom is 0.410 e. The van der Waals surface area contributed by atoms with E-state index in [1.165, 1.54) is 0 Å². The Balaban J connectivity index is 2.11. The van der Waals surface area contributed by atoms with E-state index in [9.17, 15) is 0 Å². The number of hydrogen-bond donors (Lipinski definition) is 0. The number of halogens is 2. The summed E-state index contributed by atoms with van der Waals surface area (Å²) in [6, 6.07) is 11.5. The first-order valence-corrected chi connectivity index (χ1v) is 6.34. The quantitative estimate of drug-likeness (QED) is 0.773. The third kappa shape index (κ3) is 3.21. The Morgan fingerprint density at radius 1 is 0.889 bits per heavy atom. The first kappa shape index (κ1) is 13.3. The largest absolute Gasteiger partial charge is 0.557 e. The minimum absolute atomic E-state index is 0.592. The lowest BCUT2D eigenvalue weighted by molar-refractivity contribution is 0.605. The summed E-state index contributed by atoms with van der Waals surface area (Å²) in [4.78, 5) is 0. The van der Waals surface area contributed by atoms with Gasteiger partial charge >= 0.3 is 7.48 Å². The molecule has 0 spiro atoms. The van der Waals surface area contributed by atoms with Crippen LogP contribution in [0.1, 0.15) is 11.1 Å². The van der Waals surface area contributed by atoms with Crippen LogP contribution in [0.4, 0.5) is 0 Å². The molecule has 0 N–H and O–H groups in total. The summed E-state index contributed by atoms with van der Waals surface area (Å²) in [6.45, 7) is 3.98. The van der Waals surface area contributed by atoms with Crippen LogP contribution in [0.25, 0.3) is 0 Å². The van der Waals surface area contributed by atoms with Crippen molar-refractivity contribution in [3.05, 3.63) is 57.6 Å². The Labute approximate surface area is 118 Å². The molecule has 0 aliphatic carbocycles. The second-order valence-corrected chi connectivity index (χ2v) is 5.01. The minimum Gasteiger partial charge on any atom is -0.557 e. The van der Waals surface area contributed by atoms with Crippen LogP contribution in [-0.4, -0.2) is 7.48 Å². The lowest BCUT2D eigenvalue weighted by Crippen LogP contribution is -2.21. The maximum absolute atomic E-state index is 6.12. The molecule has 0 aromatic heterocycles. The van der Waals surface area contributed by atoms with E-state index in [4.69, 9.17) is 27.9 Å². The monoisotopic (exact) mass is 277 g/mol. The molecule has 0 saturated heterocycles. The number of aryl methyl sites for hydroxylation is 2. The summed E-state index contributed by atoms with van der Waals surface area (Å²) in [7, 11) is 1.61. The molecule has 1 nitrogen and oxygen atoms in total. The van der Waals surface area contributed by atoms with Crippen LogP contribution in [0.15, 0.2) is 36.4 Å². The lowest BCUT2D eigenvalue weighted by Gasteiger charge is -2.09. The summed E-state index contributed by atoms with van der Waals surface area (Å²) in [5, 5.41) is 1.26.